The van der Waals surface area contributed by atoms with Crippen LogP contribution < -0.4 is 10.9 Å². The van der Waals surface area contributed by atoms with Crippen LogP contribution in [0, 0.1) is 0 Å². The molecule has 0 saturated carbocycles. The van der Waals surface area contributed by atoms with E-state index in [1.54, 1.807) is 24.3 Å². The Labute approximate surface area is 81.4 Å². The summed E-state index contributed by atoms with van der Waals surface area (Å²) >= 11 is 5.72. The van der Waals surface area contributed by atoms with E-state index in [9.17, 15) is 4.79 Å². The molecule has 0 atom stereocenters. The van der Waals surface area contributed by atoms with Gasteiger partial charge in [0.1, 0.15) is 0 Å². The molecule has 0 aromatic heterocycles. The highest BCUT2D eigenvalue weighted by atomic mass is 35.5. The van der Waals surface area contributed by atoms with E-state index in [0.717, 1.165) is 5.69 Å². The summed E-state index contributed by atoms with van der Waals surface area (Å²) in [6.07, 6.45) is 1.18. The Morgan fingerprint density at radius 3 is 2.92 bits per heavy atom. The van der Waals surface area contributed by atoms with E-state index in [1.807, 2.05) is 0 Å². The lowest BCUT2D eigenvalue weighted by Crippen LogP contribution is -2.27. The third kappa shape index (κ3) is 3.17. The summed E-state index contributed by atoms with van der Waals surface area (Å²) in [5.74, 6) is -0.292. The van der Waals surface area contributed by atoms with Crippen LogP contribution in [-0.2, 0) is 4.79 Å². The van der Waals surface area contributed by atoms with Gasteiger partial charge in [-0.15, -0.1) is 0 Å². The van der Waals surface area contributed by atoms with Crippen LogP contribution in [0.15, 0.2) is 36.9 Å². The molecule has 0 heterocycles. The Kier molecular flexibility index (Phi) is 3.34. The third-order valence-electron chi connectivity index (χ3n) is 1.34. The molecule has 3 nitrogen and oxygen atoms in total. The van der Waals surface area contributed by atoms with Crippen molar-refractivity contribution in [1.29, 1.82) is 0 Å². The van der Waals surface area contributed by atoms with Gasteiger partial charge in [0.15, 0.2) is 0 Å². The molecule has 1 aromatic rings. The molecule has 1 aromatic carbocycles. The van der Waals surface area contributed by atoms with Gasteiger partial charge in [0.2, 0.25) is 0 Å². The number of amides is 1. The van der Waals surface area contributed by atoms with E-state index in [2.05, 4.69) is 17.4 Å². The molecule has 13 heavy (non-hydrogen) atoms. The van der Waals surface area contributed by atoms with E-state index >= 15 is 0 Å². The molecule has 0 radical (unpaired) electrons. The van der Waals surface area contributed by atoms with Crippen molar-refractivity contribution in [3.8, 4) is 0 Å². The molecule has 0 aliphatic rings. The number of hydrazine groups is 1. The first-order valence-corrected chi connectivity index (χ1v) is 4.04. The maximum Gasteiger partial charge on any atom is 0.261 e. The molecular formula is C9H9ClN2O. The number of nitrogens with one attached hydrogen (secondary N) is 2. The molecule has 0 saturated heterocycles. The van der Waals surface area contributed by atoms with Crippen LogP contribution >= 0.6 is 11.6 Å². The van der Waals surface area contributed by atoms with Gasteiger partial charge >= 0.3 is 0 Å². The average molecular weight is 197 g/mol. The number of hydrogen-bond acceptors (Lipinski definition) is 2. The van der Waals surface area contributed by atoms with Crippen molar-refractivity contribution < 1.29 is 4.79 Å². The van der Waals surface area contributed by atoms with Gasteiger partial charge in [-0.2, -0.15) is 0 Å². The van der Waals surface area contributed by atoms with Crippen molar-refractivity contribution in [1.82, 2.24) is 5.43 Å². The highest BCUT2D eigenvalue weighted by Crippen LogP contribution is 2.13. The Morgan fingerprint density at radius 2 is 2.31 bits per heavy atom. The predicted molar refractivity (Wildman–Crippen MR) is 53.4 cm³/mol. The van der Waals surface area contributed by atoms with E-state index in [4.69, 9.17) is 11.6 Å². The molecule has 2 N–H and O–H groups in total. The molecule has 0 spiro atoms. The van der Waals surface area contributed by atoms with Gasteiger partial charge < -0.3 is 0 Å². The number of halogens is 1. The van der Waals surface area contributed by atoms with Gasteiger partial charge in [0.25, 0.3) is 5.91 Å². The largest absolute Gasteiger partial charge is 0.298 e. The molecule has 1 rings (SSSR count). The second-order valence-corrected chi connectivity index (χ2v) is 2.77. The molecule has 0 aliphatic carbocycles. The molecule has 4 heteroatoms. The first-order chi connectivity index (χ1) is 6.22. The maximum absolute atomic E-state index is 10.7. The smallest absolute Gasteiger partial charge is 0.261 e. The van der Waals surface area contributed by atoms with Crippen molar-refractivity contribution >= 4 is 23.2 Å². The predicted octanol–water partition coefficient (Wildman–Crippen LogP) is 1.97. The van der Waals surface area contributed by atoms with Gasteiger partial charge in [0, 0.05) is 5.02 Å². The maximum atomic E-state index is 10.7. The van der Waals surface area contributed by atoms with Crippen molar-refractivity contribution in [2.45, 2.75) is 0 Å². The monoisotopic (exact) mass is 196 g/mol. The van der Waals surface area contributed by atoms with Gasteiger partial charge in [-0.05, 0) is 24.3 Å². The van der Waals surface area contributed by atoms with E-state index in [1.165, 1.54) is 6.08 Å². The first kappa shape index (κ1) is 9.61. The molecule has 0 bridgehead atoms. The van der Waals surface area contributed by atoms with Crippen molar-refractivity contribution in [3.63, 3.8) is 0 Å². The van der Waals surface area contributed by atoms with Crippen LogP contribution in [0.1, 0.15) is 0 Å². The fourth-order valence-corrected chi connectivity index (χ4v) is 0.941. The Hall–Kier alpha value is -1.48. The number of anilines is 1. The average Bonchev–Trinajstić information content (AvgIpc) is 2.14. The van der Waals surface area contributed by atoms with E-state index < -0.39 is 0 Å². The number of carbonyl (C=O) groups excluding carboxylic acids is 1. The lowest BCUT2D eigenvalue weighted by molar-refractivity contribution is -0.116. The van der Waals surface area contributed by atoms with Crippen LogP contribution in [0.4, 0.5) is 5.69 Å². The number of hydrogen-bond donors (Lipinski definition) is 2. The zero-order valence-electron chi connectivity index (χ0n) is 6.88. The second-order valence-electron chi connectivity index (χ2n) is 2.33. The lowest BCUT2D eigenvalue weighted by Gasteiger charge is -2.05. The minimum absolute atomic E-state index is 0.292. The van der Waals surface area contributed by atoms with Crippen molar-refractivity contribution in [3.05, 3.63) is 41.9 Å². The van der Waals surface area contributed by atoms with Crippen LogP contribution in [0.2, 0.25) is 5.02 Å². The quantitative estimate of drug-likeness (QED) is 0.573. The van der Waals surface area contributed by atoms with E-state index in [-0.39, 0.29) is 5.91 Å². The van der Waals surface area contributed by atoms with Crippen LogP contribution in [0.3, 0.4) is 0 Å². The second kappa shape index (κ2) is 4.52. The summed E-state index contributed by atoms with van der Waals surface area (Å²) < 4.78 is 0. The molecule has 0 aliphatic heterocycles. The number of carbonyl (C=O) groups is 1. The van der Waals surface area contributed by atoms with Crippen LogP contribution in [0.5, 0.6) is 0 Å². The zero-order chi connectivity index (χ0) is 9.68. The summed E-state index contributed by atoms with van der Waals surface area (Å²) in [6.45, 7) is 3.31. The molecule has 1 amide bonds. The number of rotatable bonds is 3. The van der Waals surface area contributed by atoms with Gasteiger partial charge in [-0.3, -0.25) is 15.6 Å². The standard InChI is InChI=1S/C9H9ClN2O/c1-2-9(13)12-11-8-5-3-4-7(10)6-8/h2-6,11H,1H2,(H,12,13). The molecular weight excluding hydrogens is 188 g/mol. The molecule has 0 fully saturated rings. The van der Waals surface area contributed by atoms with Crippen LogP contribution in [-0.4, -0.2) is 5.91 Å². The summed E-state index contributed by atoms with van der Waals surface area (Å²) in [4.78, 5) is 10.7. The minimum atomic E-state index is -0.292. The van der Waals surface area contributed by atoms with Gasteiger partial charge in [-0.1, -0.05) is 24.2 Å². The Morgan fingerprint density at radius 1 is 1.54 bits per heavy atom. The summed E-state index contributed by atoms with van der Waals surface area (Å²) in [5, 5.41) is 0.609. The lowest BCUT2D eigenvalue weighted by atomic mass is 10.3. The summed E-state index contributed by atoms with van der Waals surface area (Å²) in [7, 11) is 0. The van der Waals surface area contributed by atoms with Gasteiger partial charge in [-0.25, -0.2) is 0 Å². The summed E-state index contributed by atoms with van der Waals surface area (Å²) in [6, 6.07) is 7.02. The van der Waals surface area contributed by atoms with Crippen molar-refractivity contribution in [2.24, 2.45) is 0 Å². The fraction of sp³-hybridized carbons (Fsp3) is 0. The summed E-state index contributed by atoms with van der Waals surface area (Å²) in [5.41, 5.74) is 5.82. The number of benzene rings is 1. The van der Waals surface area contributed by atoms with E-state index in [0.29, 0.717) is 5.02 Å². The first-order valence-electron chi connectivity index (χ1n) is 3.66. The minimum Gasteiger partial charge on any atom is -0.298 e. The highest BCUT2D eigenvalue weighted by molar-refractivity contribution is 6.30. The normalized spacial score (nSPS) is 9.00. The Balaban J connectivity index is 2.54. The molecule has 68 valence electrons. The highest BCUT2D eigenvalue weighted by Gasteiger charge is 1.94. The Bertz CT molecular complexity index is 325. The molecule has 0 unspecified atom stereocenters. The fourth-order valence-electron chi connectivity index (χ4n) is 0.751. The van der Waals surface area contributed by atoms with Gasteiger partial charge in [0.05, 0.1) is 5.69 Å². The van der Waals surface area contributed by atoms with Crippen LogP contribution in [0.25, 0.3) is 0 Å². The third-order valence-corrected chi connectivity index (χ3v) is 1.58. The van der Waals surface area contributed by atoms with Crippen molar-refractivity contribution in [2.75, 3.05) is 5.43 Å². The topological polar surface area (TPSA) is 41.1 Å². The zero-order valence-corrected chi connectivity index (χ0v) is 7.64. The SMILES string of the molecule is C=CC(=O)NNc1cccc(Cl)c1.